The second-order valence-electron chi connectivity index (χ2n) is 10.1. The molecule has 2 aromatic rings. The van der Waals surface area contributed by atoms with Crippen LogP contribution in [0.1, 0.15) is 62.3 Å². The molecule has 0 saturated heterocycles. The minimum Gasteiger partial charge on any atom is -0.376 e. The van der Waals surface area contributed by atoms with Crippen LogP contribution >= 0.6 is 0 Å². The molecule has 0 heterocycles. The van der Waals surface area contributed by atoms with Crippen LogP contribution in [0, 0.1) is 0 Å². The summed E-state index contributed by atoms with van der Waals surface area (Å²) in [5.41, 5.74) is 3.50. The second kappa shape index (κ2) is 17.0. The fourth-order valence-corrected chi connectivity index (χ4v) is 4.47. The molecule has 0 aliphatic heterocycles. The van der Waals surface area contributed by atoms with E-state index < -0.39 is 0 Å². The standard InChI is InChI=1S/C24H39B2N3.C5H8.Ti/c1-19(2)27(20(3)4)25-26(28(21(5)6)22(7)8)29(23-15-11-9-12-16-23)24-17-13-10-14-18-24;1-4-5(2)3;/h9-22,25H,1-8H3;4H,1-2H2,3H3;. The molecule has 188 valence electrons. The Morgan fingerprint density at radius 3 is 1.34 bits per heavy atom. The number of anilines is 2. The topological polar surface area (TPSA) is 9.72 Å². The van der Waals surface area contributed by atoms with Gasteiger partial charge < -0.3 is 14.4 Å². The fourth-order valence-electron chi connectivity index (χ4n) is 4.47. The van der Waals surface area contributed by atoms with Crippen molar-refractivity contribution in [3.63, 3.8) is 0 Å². The van der Waals surface area contributed by atoms with Crippen molar-refractivity contribution in [1.82, 2.24) is 9.62 Å². The molecular formula is C29H47B2N3Ti. The first-order valence-electron chi connectivity index (χ1n) is 12.7. The average molecular weight is 507 g/mol. The summed E-state index contributed by atoms with van der Waals surface area (Å²) in [7, 11) is 0.982. The van der Waals surface area contributed by atoms with Gasteiger partial charge in [-0.05, 0) is 55.4 Å². The molecule has 0 atom stereocenters. The zero-order chi connectivity index (χ0) is 25.8. The smallest absolute Gasteiger partial charge is 0.321 e. The normalized spacial score (nSPS) is 10.8. The summed E-state index contributed by atoms with van der Waals surface area (Å²) in [6.07, 6.45) is 1.72. The van der Waals surface area contributed by atoms with E-state index in [0.717, 1.165) is 12.9 Å². The Balaban J connectivity index is 0.00000175. The SMILES string of the molecule is C=CC(=C)C.CC(C)N(BB(N(c1ccccc1)c1ccccc1)N(C(C)C)C(C)C)C(C)C.[Ti]. The van der Waals surface area contributed by atoms with Crippen molar-refractivity contribution >= 4 is 25.6 Å². The molecule has 6 heteroatoms. The van der Waals surface area contributed by atoms with Crippen molar-refractivity contribution in [2.75, 3.05) is 4.81 Å². The third kappa shape index (κ3) is 11.0. The molecule has 0 bridgehead atoms. The van der Waals surface area contributed by atoms with Crippen molar-refractivity contribution in [2.24, 2.45) is 0 Å². The van der Waals surface area contributed by atoms with Crippen molar-refractivity contribution in [3.05, 3.63) is 85.5 Å². The summed E-state index contributed by atoms with van der Waals surface area (Å²) in [6.45, 7) is 27.6. The predicted octanol–water partition coefficient (Wildman–Crippen LogP) is 7.14. The van der Waals surface area contributed by atoms with Gasteiger partial charge in [-0.3, -0.25) is 0 Å². The van der Waals surface area contributed by atoms with Gasteiger partial charge in [-0.25, -0.2) is 0 Å². The number of para-hydroxylation sites is 2. The summed E-state index contributed by atoms with van der Waals surface area (Å²) in [4.78, 5) is 7.79. The van der Waals surface area contributed by atoms with Crippen LogP contribution in [0.25, 0.3) is 0 Å². The second-order valence-corrected chi connectivity index (χ2v) is 10.1. The van der Waals surface area contributed by atoms with Crippen LogP contribution in [0.2, 0.25) is 0 Å². The van der Waals surface area contributed by atoms with Gasteiger partial charge in [0, 0.05) is 33.1 Å². The summed E-state index contributed by atoms with van der Waals surface area (Å²) >= 11 is 0. The molecule has 35 heavy (non-hydrogen) atoms. The van der Waals surface area contributed by atoms with Gasteiger partial charge in [0.25, 0.3) is 0 Å². The number of rotatable bonds is 11. The largest absolute Gasteiger partial charge is 0.376 e. The van der Waals surface area contributed by atoms with E-state index in [9.17, 15) is 0 Å². The minimum atomic E-state index is 0. The maximum atomic E-state index is 3.56. The predicted molar refractivity (Wildman–Crippen MR) is 157 cm³/mol. The Morgan fingerprint density at radius 2 is 1.09 bits per heavy atom. The van der Waals surface area contributed by atoms with Gasteiger partial charge in [-0.15, -0.1) is 0 Å². The molecule has 0 amide bonds. The van der Waals surface area contributed by atoms with Gasteiger partial charge in [-0.2, -0.15) is 0 Å². The number of hydrogen-bond acceptors (Lipinski definition) is 3. The molecule has 0 N–H and O–H groups in total. The van der Waals surface area contributed by atoms with Crippen LogP contribution in [-0.4, -0.2) is 48.0 Å². The number of nitrogens with zero attached hydrogens (tertiary/aromatic N) is 3. The number of benzene rings is 2. The molecule has 2 aromatic carbocycles. The number of hydrogen-bond donors (Lipinski definition) is 0. The van der Waals surface area contributed by atoms with Crippen LogP contribution in [0.5, 0.6) is 0 Å². The fraction of sp³-hybridized carbons (Fsp3) is 0.448. The molecule has 0 aliphatic rings. The molecule has 2 rings (SSSR count). The van der Waals surface area contributed by atoms with E-state index in [1.165, 1.54) is 11.4 Å². The first-order chi connectivity index (χ1) is 16.0. The van der Waals surface area contributed by atoms with E-state index in [-0.39, 0.29) is 28.6 Å². The van der Waals surface area contributed by atoms with Crippen LogP contribution in [0.3, 0.4) is 0 Å². The molecule has 3 nitrogen and oxygen atoms in total. The maximum absolute atomic E-state index is 3.56. The molecule has 0 fully saturated rings. The van der Waals surface area contributed by atoms with Crippen LogP contribution in [-0.2, 0) is 21.7 Å². The molecule has 0 aromatic heterocycles. The van der Waals surface area contributed by atoms with Gasteiger partial charge in [0.15, 0.2) is 0 Å². The van der Waals surface area contributed by atoms with Crippen molar-refractivity contribution in [1.29, 1.82) is 0 Å². The van der Waals surface area contributed by atoms with Gasteiger partial charge in [0.2, 0.25) is 7.31 Å². The summed E-state index contributed by atoms with van der Waals surface area (Å²) in [5, 5.41) is 0. The Bertz CT molecular complexity index is 786. The zero-order valence-electron chi connectivity index (χ0n) is 23.7. The van der Waals surface area contributed by atoms with Crippen LogP contribution in [0.4, 0.5) is 11.4 Å². The van der Waals surface area contributed by atoms with Gasteiger partial charge in [-0.1, -0.05) is 117 Å². The van der Waals surface area contributed by atoms with Crippen molar-refractivity contribution < 1.29 is 21.7 Å². The molecule has 0 spiro atoms. The number of allylic oxidation sites excluding steroid dienone is 2. The molecule has 0 radical (unpaired) electrons. The molecule has 0 unspecified atom stereocenters. The first-order valence-corrected chi connectivity index (χ1v) is 12.7. The van der Waals surface area contributed by atoms with E-state index in [1.54, 1.807) is 6.08 Å². The maximum Gasteiger partial charge on any atom is 0.321 e. The Kier molecular flexibility index (Phi) is 16.3. The van der Waals surface area contributed by atoms with Gasteiger partial charge in [0.1, 0.15) is 0 Å². The van der Waals surface area contributed by atoms with E-state index >= 15 is 0 Å². The van der Waals surface area contributed by atoms with Crippen molar-refractivity contribution in [3.8, 4) is 0 Å². The van der Waals surface area contributed by atoms with Crippen LogP contribution in [0.15, 0.2) is 85.5 Å². The average Bonchev–Trinajstić information content (AvgIpc) is 2.78. The zero-order valence-corrected chi connectivity index (χ0v) is 25.3. The van der Waals surface area contributed by atoms with E-state index in [2.05, 4.69) is 144 Å². The third-order valence-electron chi connectivity index (χ3n) is 5.95. The summed E-state index contributed by atoms with van der Waals surface area (Å²) in [5.74, 6) is 0. The van der Waals surface area contributed by atoms with Crippen molar-refractivity contribution in [2.45, 2.75) is 86.5 Å². The quantitative estimate of drug-likeness (QED) is 0.237. The minimum absolute atomic E-state index is 0. The summed E-state index contributed by atoms with van der Waals surface area (Å²) in [6, 6.07) is 23.5. The third-order valence-corrected chi connectivity index (χ3v) is 5.95. The van der Waals surface area contributed by atoms with Crippen LogP contribution < -0.4 is 4.81 Å². The van der Waals surface area contributed by atoms with E-state index in [1.807, 2.05) is 6.92 Å². The molecular weight excluding hydrogens is 460 g/mol. The summed E-state index contributed by atoms with van der Waals surface area (Å²) < 4.78 is 0. The Labute approximate surface area is 232 Å². The first kappa shape index (κ1) is 33.5. The molecule has 0 aliphatic carbocycles. The monoisotopic (exact) mass is 507 g/mol. The Morgan fingerprint density at radius 1 is 0.743 bits per heavy atom. The van der Waals surface area contributed by atoms with Gasteiger partial charge in [0.05, 0.1) is 0 Å². The van der Waals surface area contributed by atoms with E-state index in [0.29, 0.717) is 24.2 Å². The van der Waals surface area contributed by atoms with E-state index in [4.69, 9.17) is 0 Å². The molecule has 0 saturated carbocycles. The van der Waals surface area contributed by atoms with Gasteiger partial charge >= 0.3 is 6.87 Å². The Hall–Kier alpha value is -1.52.